The number of rotatable bonds is 3. The fourth-order valence-corrected chi connectivity index (χ4v) is 1.96. The SMILES string of the molecule is O=C(O)Cc1ccc(Cl)c(-c2cccc(F)c2)c1. The van der Waals surface area contributed by atoms with Crippen molar-refractivity contribution in [2.45, 2.75) is 6.42 Å². The van der Waals surface area contributed by atoms with E-state index in [9.17, 15) is 9.18 Å². The molecule has 2 nitrogen and oxygen atoms in total. The molecule has 0 aromatic heterocycles. The Labute approximate surface area is 109 Å². The second-order valence-electron chi connectivity index (χ2n) is 3.90. The maximum Gasteiger partial charge on any atom is 0.307 e. The highest BCUT2D eigenvalue weighted by molar-refractivity contribution is 6.33. The van der Waals surface area contributed by atoms with Gasteiger partial charge in [-0.15, -0.1) is 0 Å². The molecule has 18 heavy (non-hydrogen) atoms. The van der Waals surface area contributed by atoms with Crippen molar-refractivity contribution in [3.63, 3.8) is 0 Å². The monoisotopic (exact) mass is 264 g/mol. The van der Waals surface area contributed by atoms with Gasteiger partial charge in [-0.1, -0.05) is 29.8 Å². The Kier molecular flexibility index (Phi) is 3.63. The summed E-state index contributed by atoms with van der Waals surface area (Å²) in [4.78, 5) is 10.7. The van der Waals surface area contributed by atoms with Crippen LogP contribution in [0.2, 0.25) is 5.02 Å². The Bertz CT molecular complexity index is 596. The van der Waals surface area contributed by atoms with Crippen LogP contribution in [0.25, 0.3) is 11.1 Å². The lowest BCUT2D eigenvalue weighted by Crippen LogP contribution is -2.00. The van der Waals surface area contributed by atoms with Gasteiger partial charge in [0, 0.05) is 10.6 Å². The molecule has 2 aromatic rings. The molecule has 0 heterocycles. The molecule has 0 saturated carbocycles. The van der Waals surface area contributed by atoms with E-state index in [2.05, 4.69) is 0 Å². The Hall–Kier alpha value is -1.87. The molecule has 0 bridgehead atoms. The Morgan fingerprint density at radius 2 is 2.00 bits per heavy atom. The molecule has 4 heteroatoms. The molecule has 2 aromatic carbocycles. The lowest BCUT2D eigenvalue weighted by Gasteiger charge is -2.07. The lowest BCUT2D eigenvalue weighted by atomic mass is 10.0. The van der Waals surface area contributed by atoms with Crippen molar-refractivity contribution in [3.8, 4) is 11.1 Å². The van der Waals surface area contributed by atoms with Gasteiger partial charge in [-0.25, -0.2) is 4.39 Å². The predicted octanol–water partition coefficient (Wildman–Crippen LogP) is 3.77. The maximum atomic E-state index is 13.2. The van der Waals surface area contributed by atoms with Gasteiger partial charge in [-0.2, -0.15) is 0 Å². The lowest BCUT2D eigenvalue weighted by molar-refractivity contribution is -0.136. The van der Waals surface area contributed by atoms with E-state index in [0.29, 0.717) is 21.7 Å². The standard InChI is InChI=1S/C14H10ClFO2/c15-13-5-4-9(7-14(17)18)6-12(13)10-2-1-3-11(16)8-10/h1-6,8H,7H2,(H,17,18). The first-order valence-electron chi connectivity index (χ1n) is 5.32. The topological polar surface area (TPSA) is 37.3 Å². The highest BCUT2D eigenvalue weighted by Gasteiger charge is 2.08. The van der Waals surface area contributed by atoms with Gasteiger partial charge in [0.2, 0.25) is 0 Å². The number of carbonyl (C=O) groups is 1. The number of halogens is 2. The van der Waals surface area contributed by atoms with Gasteiger partial charge in [0.05, 0.1) is 6.42 Å². The summed E-state index contributed by atoms with van der Waals surface area (Å²) in [5, 5.41) is 9.22. The summed E-state index contributed by atoms with van der Waals surface area (Å²) in [7, 11) is 0. The van der Waals surface area contributed by atoms with Gasteiger partial charge in [-0.3, -0.25) is 4.79 Å². The Balaban J connectivity index is 2.46. The third-order valence-corrected chi connectivity index (χ3v) is 2.85. The molecule has 0 aliphatic rings. The van der Waals surface area contributed by atoms with E-state index in [1.807, 2.05) is 0 Å². The summed E-state index contributed by atoms with van der Waals surface area (Å²) in [5.41, 5.74) is 1.90. The summed E-state index contributed by atoms with van der Waals surface area (Å²) < 4.78 is 13.2. The molecule has 0 unspecified atom stereocenters. The summed E-state index contributed by atoms with van der Waals surface area (Å²) in [6.45, 7) is 0. The zero-order valence-electron chi connectivity index (χ0n) is 9.36. The average Bonchev–Trinajstić information content (AvgIpc) is 2.31. The molecule has 0 amide bonds. The molecule has 0 saturated heterocycles. The first-order chi connectivity index (χ1) is 8.56. The number of benzene rings is 2. The normalized spacial score (nSPS) is 10.3. The van der Waals surface area contributed by atoms with Crippen LogP contribution in [0.4, 0.5) is 4.39 Å². The predicted molar refractivity (Wildman–Crippen MR) is 68.2 cm³/mol. The van der Waals surface area contributed by atoms with Gasteiger partial charge in [-0.05, 0) is 35.4 Å². The van der Waals surface area contributed by atoms with E-state index in [1.54, 1.807) is 30.3 Å². The smallest absolute Gasteiger partial charge is 0.307 e. The molecule has 0 aliphatic heterocycles. The second kappa shape index (κ2) is 5.19. The zero-order chi connectivity index (χ0) is 13.1. The Morgan fingerprint density at radius 1 is 1.22 bits per heavy atom. The first-order valence-corrected chi connectivity index (χ1v) is 5.70. The van der Waals surface area contributed by atoms with Crippen LogP contribution in [0, 0.1) is 5.82 Å². The first kappa shape index (κ1) is 12.6. The minimum absolute atomic E-state index is 0.0838. The number of carboxylic acids is 1. The third kappa shape index (κ3) is 2.87. The van der Waals surface area contributed by atoms with Gasteiger partial charge >= 0.3 is 5.97 Å². The van der Waals surface area contributed by atoms with Crippen LogP contribution in [-0.4, -0.2) is 11.1 Å². The summed E-state index contributed by atoms with van der Waals surface area (Å²) in [6.07, 6.45) is -0.0838. The van der Waals surface area contributed by atoms with E-state index >= 15 is 0 Å². The van der Waals surface area contributed by atoms with E-state index < -0.39 is 5.97 Å². The third-order valence-electron chi connectivity index (χ3n) is 2.52. The summed E-state index contributed by atoms with van der Waals surface area (Å²) >= 11 is 6.05. The number of hydrogen-bond acceptors (Lipinski definition) is 1. The molecule has 0 atom stereocenters. The number of aliphatic carboxylic acids is 1. The largest absolute Gasteiger partial charge is 0.481 e. The van der Waals surface area contributed by atoms with Crippen LogP contribution in [-0.2, 0) is 11.2 Å². The van der Waals surface area contributed by atoms with Crippen molar-refractivity contribution < 1.29 is 14.3 Å². The average molecular weight is 265 g/mol. The van der Waals surface area contributed by atoms with Crippen molar-refractivity contribution in [1.82, 2.24) is 0 Å². The molecular weight excluding hydrogens is 255 g/mol. The number of carboxylic acid groups (broad SMARTS) is 1. The highest BCUT2D eigenvalue weighted by atomic mass is 35.5. The maximum absolute atomic E-state index is 13.2. The van der Waals surface area contributed by atoms with Crippen LogP contribution >= 0.6 is 11.6 Å². The van der Waals surface area contributed by atoms with E-state index in [-0.39, 0.29) is 12.2 Å². The van der Waals surface area contributed by atoms with Gasteiger partial charge in [0.25, 0.3) is 0 Å². The fourth-order valence-electron chi connectivity index (χ4n) is 1.73. The van der Waals surface area contributed by atoms with Crippen molar-refractivity contribution in [3.05, 3.63) is 58.9 Å². The fraction of sp³-hybridized carbons (Fsp3) is 0.0714. The van der Waals surface area contributed by atoms with Crippen LogP contribution < -0.4 is 0 Å². The van der Waals surface area contributed by atoms with Gasteiger partial charge < -0.3 is 5.11 Å². The molecular formula is C14H10ClFO2. The van der Waals surface area contributed by atoms with Gasteiger partial charge in [0.15, 0.2) is 0 Å². The zero-order valence-corrected chi connectivity index (χ0v) is 10.1. The molecule has 2 rings (SSSR count). The molecule has 92 valence electrons. The molecule has 0 aliphatic carbocycles. The Morgan fingerprint density at radius 3 is 2.67 bits per heavy atom. The van der Waals surface area contributed by atoms with Gasteiger partial charge in [0.1, 0.15) is 5.82 Å². The molecule has 0 fully saturated rings. The summed E-state index contributed by atoms with van der Waals surface area (Å²) in [5.74, 6) is -1.27. The molecule has 1 N–H and O–H groups in total. The van der Waals surface area contributed by atoms with Crippen molar-refractivity contribution in [2.75, 3.05) is 0 Å². The van der Waals surface area contributed by atoms with Crippen LogP contribution in [0.15, 0.2) is 42.5 Å². The van der Waals surface area contributed by atoms with E-state index in [0.717, 1.165) is 0 Å². The minimum atomic E-state index is -0.914. The van der Waals surface area contributed by atoms with E-state index in [1.165, 1.54) is 12.1 Å². The molecule has 0 radical (unpaired) electrons. The van der Waals surface area contributed by atoms with Crippen LogP contribution in [0.3, 0.4) is 0 Å². The van der Waals surface area contributed by atoms with Crippen molar-refractivity contribution in [2.24, 2.45) is 0 Å². The molecule has 0 spiro atoms. The minimum Gasteiger partial charge on any atom is -0.481 e. The quantitative estimate of drug-likeness (QED) is 0.916. The van der Waals surface area contributed by atoms with Crippen LogP contribution in [0.1, 0.15) is 5.56 Å². The number of hydrogen-bond donors (Lipinski definition) is 1. The van der Waals surface area contributed by atoms with E-state index in [4.69, 9.17) is 16.7 Å². The highest BCUT2D eigenvalue weighted by Crippen LogP contribution is 2.29. The van der Waals surface area contributed by atoms with Crippen molar-refractivity contribution in [1.29, 1.82) is 0 Å². The second-order valence-corrected chi connectivity index (χ2v) is 4.30. The van der Waals surface area contributed by atoms with Crippen LogP contribution in [0.5, 0.6) is 0 Å². The summed E-state index contributed by atoms with van der Waals surface area (Å²) in [6, 6.07) is 11.0. The van der Waals surface area contributed by atoms with Crippen molar-refractivity contribution >= 4 is 17.6 Å².